The van der Waals surface area contributed by atoms with Gasteiger partial charge in [0.2, 0.25) is 0 Å². The average Bonchev–Trinajstić information content (AvgIpc) is 2.85. The smallest absolute Gasteiger partial charge is 0.185 e. The predicted octanol–water partition coefficient (Wildman–Crippen LogP) is 6.12. The van der Waals surface area contributed by atoms with Crippen LogP contribution in [0.2, 0.25) is 0 Å². The van der Waals surface area contributed by atoms with Gasteiger partial charge in [0.15, 0.2) is 5.78 Å². The van der Waals surface area contributed by atoms with Gasteiger partial charge >= 0.3 is 0 Å². The van der Waals surface area contributed by atoms with E-state index in [0.29, 0.717) is 19.3 Å². The zero-order chi connectivity index (χ0) is 20.1. The van der Waals surface area contributed by atoms with Crippen molar-refractivity contribution < 1.29 is 9.59 Å². The molecule has 0 aromatic heterocycles. The number of Topliss-reactive ketones (excluding diaryl/α,β-unsaturated/α-hetero) is 2. The van der Waals surface area contributed by atoms with E-state index in [1.807, 2.05) is 62.4 Å². The summed E-state index contributed by atoms with van der Waals surface area (Å²) < 4.78 is 0. The molecule has 2 aromatic rings. The summed E-state index contributed by atoms with van der Waals surface area (Å²) in [7, 11) is 0. The lowest BCUT2D eigenvalue weighted by molar-refractivity contribution is -0.122. The molecule has 2 nitrogen and oxygen atoms in total. The van der Waals surface area contributed by atoms with E-state index in [2.05, 4.69) is 19.1 Å². The van der Waals surface area contributed by atoms with Gasteiger partial charge in [-0.1, -0.05) is 66.6 Å². The first-order valence-electron chi connectivity index (χ1n) is 10.1. The van der Waals surface area contributed by atoms with Gasteiger partial charge in [0, 0.05) is 23.5 Å². The lowest BCUT2D eigenvalue weighted by Crippen LogP contribution is -2.13. The second kappa shape index (κ2) is 8.97. The maximum Gasteiger partial charge on any atom is 0.185 e. The Bertz CT molecular complexity index is 912. The number of carbonyl (C=O) groups is 2. The number of allylic oxidation sites excluding steroid dienone is 2. The molecule has 28 heavy (non-hydrogen) atoms. The molecule has 0 N–H and O–H groups in total. The molecule has 0 aliphatic heterocycles. The molecule has 0 saturated heterocycles. The summed E-state index contributed by atoms with van der Waals surface area (Å²) in [5, 5.41) is 0. The number of benzene rings is 2. The van der Waals surface area contributed by atoms with Gasteiger partial charge in [0.05, 0.1) is 0 Å². The van der Waals surface area contributed by atoms with Crippen LogP contribution in [0, 0.1) is 19.8 Å². The molecular weight excluding hydrogens is 344 g/mol. The van der Waals surface area contributed by atoms with Crippen LogP contribution in [0.15, 0.2) is 59.7 Å². The molecule has 1 saturated carbocycles. The zero-order valence-corrected chi connectivity index (χ0v) is 17.0. The van der Waals surface area contributed by atoms with Gasteiger partial charge in [-0.05, 0) is 56.4 Å². The van der Waals surface area contributed by atoms with Crippen LogP contribution in [0.25, 0.3) is 12.2 Å². The highest BCUT2D eigenvalue weighted by Gasteiger charge is 2.28. The first kappa shape index (κ1) is 20.0. The third-order valence-electron chi connectivity index (χ3n) is 5.45. The molecule has 1 atom stereocenters. The van der Waals surface area contributed by atoms with E-state index in [1.54, 1.807) is 0 Å². The maximum absolute atomic E-state index is 13.3. The summed E-state index contributed by atoms with van der Waals surface area (Å²) in [5.41, 5.74) is 5.97. The van der Waals surface area contributed by atoms with Gasteiger partial charge in [0.1, 0.15) is 5.78 Å². The molecule has 1 aliphatic rings. The fourth-order valence-electron chi connectivity index (χ4n) is 3.66. The van der Waals surface area contributed by atoms with Crippen molar-refractivity contribution in [3.8, 4) is 0 Å². The van der Waals surface area contributed by atoms with Crippen LogP contribution in [0.4, 0.5) is 0 Å². The zero-order valence-electron chi connectivity index (χ0n) is 17.0. The molecule has 0 bridgehead atoms. The molecular formula is C26H28O2. The molecule has 144 valence electrons. The Balaban J connectivity index is 1.98. The number of carbonyl (C=O) groups excluding carboxylic acids is 2. The van der Waals surface area contributed by atoms with Crippen molar-refractivity contribution in [2.75, 3.05) is 0 Å². The molecule has 0 spiro atoms. The Morgan fingerprint density at radius 1 is 0.893 bits per heavy atom. The fraction of sp³-hybridized carbons (Fsp3) is 0.308. The Kier molecular flexibility index (Phi) is 6.41. The maximum atomic E-state index is 13.3. The molecule has 0 amide bonds. The third-order valence-corrected chi connectivity index (χ3v) is 5.45. The SMILES string of the molecule is CCC(=O)C1CC/C(=C\c2ccc(C)cc2)C(=O)/C(=C/c2ccc(C)cc2)C1. The Labute approximate surface area is 168 Å². The molecule has 2 aromatic carbocycles. The Morgan fingerprint density at radius 3 is 1.89 bits per heavy atom. The minimum absolute atomic E-state index is 0.0745. The van der Waals surface area contributed by atoms with E-state index in [0.717, 1.165) is 28.7 Å². The van der Waals surface area contributed by atoms with Crippen LogP contribution in [0.1, 0.15) is 54.9 Å². The third kappa shape index (κ3) is 4.95. The molecule has 3 rings (SSSR count). The van der Waals surface area contributed by atoms with E-state index in [4.69, 9.17) is 0 Å². The van der Waals surface area contributed by atoms with Gasteiger partial charge in [-0.2, -0.15) is 0 Å². The summed E-state index contributed by atoms with van der Waals surface area (Å²) in [6.45, 7) is 6.00. The molecule has 1 fully saturated rings. The Morgan fingerprint density at radius 2 is 1.39 bits per heavy atom. The Hall–Kier alpha value is -2.74. The topological polar surface area (TPSA) is 34.1 Å². The van der Waals surface area contributed by atoms with Gasteiger partial charge in [-0.25, -0.2) is 0 Å². The van der Waals surface area contributed by atoms with Crippen LogP contribution in [0.3, 0.4) is 0 Å². The fourth-order valence-corrected chi connectivity index (χ4v) is 3.66. The van der Waals surface area contributed by atoms with Crippen molar-refractivity contribution in [3.05, 3.63) is 81.9 Å². The first-order chi connectivity index (χ1) is 13.5. The first-order valence-corrected chi connectivity index (χ1v) is 10.1. The number of hydrogen-bond donors (Lipinski definition) is 0. The summed E-state index contributed by atoms with van der Waals surface area (Å²) in [5.74, 6) is 0.251. The molecule has 0 radical (unpaired) electrons. The van der Waals surface area contributed by atoms with Crippen molar-refractivity contribution in [1.82, 2.24) is 0 Å². The monoisotopic (exact) mass is 372 g/mol. The highest BCUT2D eigenvalue weighted by Crippen LogP contribution is 2.32. The standard InChI is InChI=1S/C26H28O2/c1-4-25(27)22-13-14-23(15-20-9-5-18(2)6-10-20)26(28)24(17-22)16-21-11-7-19(3)8-12-21/h5-12,15-16,22H,4,13-14,17H2,1-3H3/b23-15+,24-16+. The number of rotatable bonds is 4. The van der Waals surface area contributed by atoms with E-state index < -0.39 is 0 Å². The number of aryl methyl sites for hydroxylation is 2. The lowest BCUT2D eigenvalue weighted by Gasteiger charge is -2.11. The van der Waals surface area contributed by atoms with E-state index in [-0.39, 0.29) is 17.5 Å². The predicted molar refractivity (Wildman–Crippen MR) is 116 cm³/mol. The van der Waals surface area contributed by atoms with E-state index in [9.17, 15) is 9.59 Å². The molecule has 2 heteroatoms. The average molecular weight is 373 g/mol. The highest BCUT2D eigenvalue weighted by molar-refractivity contribution is 6.14. The van der Waals surface area contributed by atoms with Crippen LogP contribution in [-0.4, -0.2) is 11.6 Å². The number of ketones is 2. The molecule has 1 unspecified atom stereocenters. The summed E-state index contributed by atoms with van der Waals surface area (Å²) in [6.07, 6.45) is 6.39. The summed E-state index contributed by atoms with van der Waals surface area (Å²) >= 11 is 0. The van der Waals surface area contributed by atoms with Gasteiger partial charge in [-0.3, -0.25) is 9.59 Å². The quantitative estimate of drug-likeness (QED) is 0.479. The second-order valence-corrected chi connectivity index (χ2v) is 7.75. The second-order valence-electron chi connectivity index (χ2n) is 7.75. The van der Waals surface area contributed by atoms with E-state index in [1.165, 1.54) is 11.1 Å². The van der Waals surface area contributed by atoms with Crippen molar-refractivity contribution >= 4 is 23.7 Å². The van der Waals surface area contributed by atoms with Crippen molar-refractivity contribution in [2.24, 2.45) is 5.92 Å². The van der Waals surface area contributed by atoms with Crippen molar-refractivity contribution in [1.29, 1.82) is 0 Å². The molecule has 0 heterocycles. The summed E-state index contributed by atoms with van der Waals surface area (Å²) in [6, 6.07) is 16.3. The molecule has 1 aliphatic carbocycles. The van der Waals surface area contributed by atoms with E-state index >= 15 is 0 Å². The van der Waals surface area contributed by atoms with Crippen molar-refractivity contribution in [3.63, 3.8) is 0 Å². The van der Waals surface area contributed by atoms with Crippen LogP contribution >= 0.6 is 0 Å². The minimum Gasteiger partial charge on any atom is -0.299 e. The highest BCUT2D eigenvalue weighted by atomic mass is 16.1. The summed E-state index contributed by atoms with van der Waals surface area (Å²) in [4.78, 5) is 25.7. The normalized spacial score (nSPS) is 20.4. The van der Waals surface area contributed by atoms with Crippen LogP contribution in [-0.2, 0) is 9.59 Å². The number of hydrogen-bond acceptors (Lipinski definition) is 2. The van der Waals surface area contributed by atoms with Crippen LogP contribution in [0.5, 0.6) is 0 Å². The van der Waals surface area contributed by atoms with Gasteiger partial charge in [0.25, 0.3) is 0 Å². The minimum atomic E-state index is -0.0745. The largest absolute Gasteiger partial charge is 0.299 e. The van der Waals surface area contributed by atoms with Gasteiger partial charge < -0.3 is 0 Å². The lowest BCUT2D eigenvalue weighted by atomic mass is 9.91. The van der Waals surface area contributed by atoms with Gasteiger partial charge in [-0.15, -0.1) is 0 Å². The van der Waals surface area contributed by atoms with Crippen LogP contribution < -0.4 is 0 Å². The van der Waals surface area contributed by atoms with Crippen molar-refractivity contribution in [2.45, 2.75) is 46.5 Å².